The van der Waals surface area contributed by atoms with Gasteiger partial charge in [0.15, 0.2) is 5.82 Å². The quantitative estimate of drug-likeness (QED) is 0.441. The van der Waals surface area contributed by atoms with Crippen LogP contribution in [-0.4, -0.2) is 69.1 Å². The number of halogens is 1. The normalized spacial score (nSPS) is 22.6. The molecule has 2 saturated heterocycles. The number of hydrogen-bond donors (Lipinski definition) is 0. The molecule has 6 rings (SSSR count). The van der Waals surface area contributed by atoms with Gasteiger partial charge in [0.2, 0.25) is 0 Å². The second kappa shape index (κ2) is 9.79. The summed E-state index contributed by atoms with van der Waals surface area (Å²) in [5.74, 6) is 1.52. The summed E-state index contributed by atoms with van der Waals surface area (Å²) < 4.78 is 21.8. The SMILES string of the molecule is CCCCc1ncn(C2CC3(C2)CN(C(=O)N2CC4(CCC(Oc5ccc(F)cc5SC)CC4)C2)C3)n1. The molecule has 2 aliphatic carbocycles. The van der Waals surface area contributed by atoms with E-state index in [9.17, 15) is 9.18 Å². The molecule has 200 valence electrons. The highest BCUT2D eigenvalue weighted by Crippen LogP contribution is 2.54. The highest BCUT2D eigenvalue weighted by Gasteiger charge is 2.57. The van der Waals surface area contributed by atoms with E-state index in [-0.39, 0.29) is 23.4 Å². The number of benzene rings is 1. The fourth-order valence-electron chi connectivity index (χ4n) is 6.87. The molecule has 1 aromatic carbocycles. The Labute approximate surface area is 223 Å². The van der Waals surface area contributed by atoms with Crippen molar-refractivity contribution in [2.45, 2.75) is 81.8 Å². The second-order valence-electron chi connectivity index (χ2n) is 11.9. The number of urea groups is 1. The summed E-state index contributed by atoms with van der Waals surface area (Å²) in [5.41, 5.74) is 0.553. The first-order chi connectivity index (χ1) is 17.9. The minimum Gasteiger partial charge on any atom is -0.489 e. The van der Waals surface area contributed by atoms with Gasteiger partial charge in [0.1, 0.15) is 17.9 Å². The number of thioether (sulfide) groups is 1. The van der Waals surface area contributed by atoms with Crippen LogP contribution in [0.25, 0.3) is 0 Å². The van der Waals surface area contributed by atoms with Gasteiger partial charge >= 0.3 is 6.03 Å². The number of rotatable bonds is 7. The Morgan fingerprint density at radius 1 is 1.14 bits per heavy atom. The minimum atomic E-state index is -0.227. The molecule has 3 heterocycles. The summed E-state index contributed by atoms with van der Waals surface area (Å²) in [4.78, 5) is 22.5. The molecular formula is C28H38FN5O2S. The van der Waals surface area contributed by atoms with Crippen LogP contribution in [0.5, 0.6) is 5.75 Å². The summed E-state index contributed by atoms with van der Waals surface area (Å²) in [7, 11) is 0. The average molecular weight is 528 g/mol. The number of aryl methyl sites for hydroxylation is 1. The van der Waals surface area contributed by atoms with E-state index in [4.69, 9.17) is 4.74 Å². The van der Waals surface area contributed by atoms with Crippen molar-refractivity contribution in [3.63, 3.8) is 0 Å². The van der Waals surface area contributed by atoms with Crippen LogP contribution in [0.3, 0.4) is 0 Å². The molecule has 0 radical (unpaired) electrons. The molecule has 2 saturated carbocycles. The highest BCUT2D eigenvalue weighted by atomic mass is 32.2. The molecule has 2 aromatic rings. The number of aromatic nitrogens is 3. The van der Waals surface area contributed by atoms with Gasteiger partial charge in [-0.3, -0.25) is 0 Å². The Morgan fingerprint density at radius 3 is 2.51 bits per heavy atom. The van der Waals surface area contributed by atoms with Gasteiger partial charge < -0.3 is 14.5 Å². The third-order valence-electron chi connectivity index (χ3n) is 9.08. The van der Waals surface area contributed by atoms with Crippen molar-refractivity contribution >= 4 is 17.8 Å². The van der Waals surface area contributed by atoms with Crippen molar-refractivity contribution in [1.82, 2.24) is 24.6 Å². The molecule has 37 heavy (non-hydrogen) atoms. The van der Waals surface area contributed by atoms with E-state index in [1.165, 1.54) is 17.8 Å². The zero-order valence-electron chi connectivity index (χ0n) is 22.0. The third-order valence-corrected chi connectivity index (χ3v) is 9.84. The van der Waals surface area contributed by atoms with Crippen LogP contribution < -0.4 is 4.74 Å². The lowest BCUT2D eigenvalue weighted by Crippen LogP contribution is -2.69. The fourth-order valence-corrected chi connectivity index (χ4v) is 7.42. The first-order valence-electron chi connectivity index (χ1n) is 13.8. The van der Waals surface area contributed by atoms with Crippen molar-refractivity contribution in [2.24, 2.45) is 10.8 Å². The van der Waals surface area contributed by atoms with Crippen LogP contribution in [0.2, 0.25) is 0 Å². The van der Waals surface area contributed by atoms with Crippen molar-refractivity contribution in [3.05, 3.63) is 36.2 Å². The number of carbonyl (C=O) groups excluding carboxylic acids is 1. The number of likely N-dealkylation sites (tertiary alicyclic amines) is 2. The van der Waals surface area contributed by atoms with E-state index >= 15 is 0 Å². The molecule has 7 nitrogen and oxygen atoms in total. The van der Waals surface area contributed by atoms with Crippen molar-refractivity contribution in [1.29, 1.82) is 0 Å². The van der Waals surface area contributed by atoms with E-state index in [1.54, 1.807) is 12.1 Å². The van der Waals surface area contributed by atoms with E-state index in [0.717, 1.165) is 100 Å². The summed E-state index contributed by atoms with van der Waals surface area (Å²) in [6.07, 6.45) is 13.6. The van der Waals surface area contributed by atoms with E-state index < -0.39 is 0 Å². The maximum absolute atomic E-state index is 13.5. The lowest BCUT2D eigenvalue weighted by molar-refractivity contribution is -0.0912. The minimum absolute atomic E-state index is 0.168. The third kappa shape index (κ3) is 4.84. The number of carbonyl (C=O) groups is 1. The van der Waals surface area contributed by atoms with Crippen LogP contribution in [0.4, 0.5) is 9.18 Å². The number of hydrogen-bond acceptors (Lipinski definition) is 5. The molecule has 0 bridgehead atoms. The standard InChI is InChI=1S/C28H38FN5O2S/c1-3-4-5-25-30-19-34(31-25)21-13-28(14-21)17-33(18-28)26(35)32-15-27(16-32)10-8-22(9-11-27)36-23-7-6-20(29)12-24(23)37-2/h6-7,12,19,21-22H,3-5,8-11,13-18H2,1-2H3. The van der Waals surface area contributed by atoms with Crippen LogP contribution in [-0.2, 0) is 6.42 Å². The molecule has 0 atom stereocenters. The van der Waals surface area contributed by atoms with Gasteiger partial charge in [-0.25, -0.2) is 18.9 Å². The predicted octanol–water partition coefficient (Wildman–Crippen LogP) is 5.56. The van der Waals surface area contributed by atoms with E-state index in [2.05, 4.69) is 21.7 Å². The molecule has 2 aliphatic heterocycles. The Hall–Kier alpha value is -2.29. The molecule has 4 fully saturated rings. The number of unbranched alkanes of at least 4 members (excludes halogenated alkanes) is 1. The van der Waals surface area contributed by atoms with Crippen LogP contribution in [0.1, 0.15) is 70.2 Å². The van der Waals surface area contributed by atoms with E-state index in [1.807, 2.05) is 22.4 Å². The predicted molar refractivity (Wildman–Crippen MR) is 141 cm³/mol. The van der Waals surface area contributed by atoms with Crippen molar-refractivity contribution in [3.8, 4) is 5.75 Å². The fraction of sp³-hybridized carbons (Fsp3) is 0.679. The number of nitrogens with zero attached hydrogens (tertiary/aromatic N) is 5. The number of ether oxygens (including phenoxy) is 1. The molecule has 0 unspecified atom stereocenters. The number of amides is 2. The maximum atomic E-state index is 13.5. The van der Waals surface area contributed by atoms with Gasteiger partial charge in [0.25, 0.3) is 0 Å². The highest BCUT2D eigenvalue weighted by molar-refractivity contribution is 7.98. The van der Waals surface area contributed by atoms with Crippen molar-refractivity contribution in [2.75, 3.05) is 32.4 Å². The van der Waals surface area contributed by atoms with Gasteiger partial charge in [0.05, 0.1) is 17.0 Å². The smallest absolute Gasteiger partial charge is 0.320 e. The largest absolute Gasteiger partial charge is 0.489 e. The monoisotopic (exact) mass is 527 g/mol. The topological polar surface area (TPSA) is 63.5 Å². The summed E-state index contributed by atoms with van der Waals surface area (Å²) >= 11 is 1.51. The summed E-state index contributed by atoms with van der Waals surface area (Å²) in [6.45, 7) is 5.70. The van der Waals surface area contributed by atoms with Crippen LogP contribution in [0.15, 0.2) is 29.4 Å². The van der Waals surface area contributed by atoms with Crippen LogP contribution >= 0.6 is 11.8 Å². The maximum Gasteiger partial charge on any atom is 0.320 e. The molecule has 4 aliphatic rings. The Balaban J connectivity index is 0.924. The molecule has 1 aromatic heterocycles. The first-order valence-corrected chi connectivity index (χ1v) is 15.1. The second-order valence-corrected chi connectivity index (χ2v) is 12.8. The van der Waals surface area contributed by atoms with Gasteiger partial charge in [0, 0.05) is 43.4 Å². The van der Waals surface area contributed by atoms with Crippen LogP contribution in [0, 0.1) is 16.6 Å². The first kappa shape index (κ1) is 25.0. The summed E-state index contributed by atoms with van der Waals surface area (Å²) in [6, 6.07) is 5.42. The molecule has 2 amide bonds. The molecule has 9 heteroatoms. The Kier molecular flexibility index (Phi) is 6.62. The Bertz CT molecular complexity index is 1130. The van der Waals surface area contributed by atoms with Gasteiger partial charge in [-0.15, -0.1) is 11.8 Å². The van der Waals surface area contributed by atoms with Gasteiger partial charge in [-0.05, 0) is 69.4 Å². The summed E-state index contributed by atoms with van der Waals surface area (Å²) in [5, 5.41) is 4.68. The molecule has 2 spiro atoms. The Morgan fingerprint density at radius 2 is 1.84 bits per heavy atom. The average Bonchev–Trinajstić information content (AvgIpc) is 3.29. The lowest BCUT2D eigenvalue weighted by Gasteiger charge is -2.61. The van der Waals surface area contributed by atoms with Gasteiger partial charge in [-0.2, -0.15) is 5.10 Å². The zero-order valence-corrected chi connectivity index (χ0v) is 22.8. The lowest BCUT2D eigenvalue weighted by atomic mass is 9.60. The molecule has 0 N–H and O–H groups in total. The van der Waals surface area contributed by atoms with Gasteiger partial charge in [-0.1, -0.05) is 13.3 Å². The van der Waals surface area contributed by atoms with Crippen molar-refractivity contribution < 1.29 is 13.9 Å². The molecular weight excluding hydrogens is 489 g/mol. The van der Waals surface area contributed by atoms with E-state index in [0.29, 0.717) is 11.5 Å². The zero-order chi connectivity index (χ0) is 25.6.